The summed E-state index contributed by atoms with van der Waals surface area (Å²) >= 11 is 0. The quantitative estimate of drug-likeness (QED) is 0.0768. The first-order chi connectivity index (χ1) is 26.6. The van der Waals surface area contributed by atoms with E-state index in [4.69, 9.17) is 4.74 Å². The predicted octanol–water partition coefficient (Wildman–Crippen LogP) is 12.7. The Kier molecular flexibility index (Phi) is 11.8. The number of hydrogen-bond donors (Lipinski definition) is 1. The van der Waals surface area contributed by atoms with Gasteiger partial charge in [0.15, 0.2) is 0 Å². The molecule has 0 saturated heterocycles. The lowest BCUT2D eigenvalue weighted by Gasteiger charge is -2.27. The predicted molar refractivity (Wildman–Crippen MR) is 239 cm³/mol. The van der Waals surface area contributed by atoms with Gasteiger partial charge < -0.3 is 19.9 Å². The van der Waals surface area contributed by atoms with Crippen molar-refractivity contribution in [3.05, 3.63) is 171 Å². The van der Waals surface area contributed by atoms with E-state index in [0.717, 1.165) is 22.4 Å². The van der Waals surface area contributed by atoms with Crippen molar-refractivity contribution in [2.24, 2.45) is 0 Å². The SMILES string of the molecule is C=C(C)C(=O)OC(C)C(C)Nc1ccc(C(c2ccc(N(C)c3c(C)cc(C)cc3C)cc2)c2ccc(N(C)c3c(C)cc(C)cc3C)cc2)c2ccccc12. The van der Waals surface area contributed by atoms with Crippen LogP contribution in [0.5, 0.6) is 0 Å². The van der Waals surface area contributed by atoms with Gasteiger partial charge in [-0.25, -0.2) is 4.79 Å². The summed E-state index contributed by atoms with van der Waals surface area (Å²) in [7, 11) is 4.31. The molecule has 0 spiro atoms. The summed E-state index contributed by atoms with van der Waals surface area (Å²) < 4.78 is 5.67. The number of fused-ring (bicyclic) bond motifs is 1. The van der Waals surface area contributed by atoms with Gasteiger partial charge in [0.25, 0.3) is 0 Å². The van der Waals surface area contributed by atoms with E-state index < -0.39 is 0 Å². The molecule has 0 aliphatic rings. The third kappa shape index (κ3) is 8.23. The zero-order valence-electron chi connectivity index (χ0n) is 35.0. The molecule has 0 aromatic heterocycles. The number of esters is 1. The molecule has 2 unspecified atom stereocenters. The van der Waals surface area contributed by atoms with Crippen molar-refractivity contribution in [2.75, 3.05) is 29.2 Å². The first-order valence-corrected chi connectivity index (χ1v) is 19.6. The van der Waals surface area contributed by atoms with Gasteiger partial charge in [0, 0.05) is 59.4 Å². The van der Waals surface area contributed by atoms with Crippen molar-refractivity contribution < 1.29 is 9.53 Å². The van der Waals surface area contributed by atoms with Gasteiger partial charge in [-0.15, -0.1) is 0 Å². The fraction of sp³-hybridized carbons (Fsp3) is 0.275. The van der Waals surface area contributed by atoms with Gasteiger partial charge in [0.05, 0.1) is 6.04 Å². The summed E-state index contributed by atoms with van der Waals surface area (Å²) in [6.45, 7) is 22.5. The molecule has 1 N–H and O–H groups in total. The second kappa shape index (κ2) is 16.5. The van der Waals surface area contributed by atoms with E-state index in [-0.39, 0.29) is 24.0 Å². The van der Waals surface area contributed by atoms with E-state index in [9.17, 15) is 4.79 Å². The van der Waals surface area contributed by atoms with Crippen molar-refractivity contribution in [2.45, 2.75) is 80.4 Å². The monoisotopic (exact) mass is 743 g/mol. The van der Waals surface area contributed by atoms with E-state index in [1.54, 1.807) is 6.92 Å². The maximum Gasteiger partial charge on any atom is 0.333 e. The van der Waals surface area contributed by atoms with E-state index in [0.29, 0.717) is 5.57 Å². The standard InChI is InChI=1S/C51H57N3O2/c1-31(2)51(55)56-39(10)38(9)52-47-26-25-46(44-15-13-14-16-45(44)47)48(40-17-21-42(22-18-40)53(11)49-34(5)27-32(3)28-35(49)6)41-19-23-43(24-20-41)54(12)50-36(7)29-33(4)30-37(50)8/h13-30,38-39,48,52H,1H2,2-12H3. The molecule has 0 heterocycles. The molecule has 0 aliphatic heterocycles. The Labute approximate surface area is 334 Å². The van der Waals surface area contributed by atoms with Gasteiger partial charge in [-0.05, 0) is 137 Å². The molecule has 0 aliphatic carbocycles. The molecule has 6 aromatic rings. The minimum atomic E-state index is -0.378. The number of carbonyl (C=O) groups is 1. The summed E-state index contributed by atoms with van der Waals surface area (Å²) in [6, 6.07) is 40.1. The number of rotatable bonds is 12. The van der Waals surface area contributed by atoms with Crippen LogP contribution in [-0.4, -0.2) is 32.2 Å². The van der Waals surface area contributed by atoms with E-state index >= 15 is 0 Å². The maximum absolute atomic E-state index is 12.3. The Bertz CT molecular complexity index is 2240. The molecule has 5 heteroatoms. The van der Waals surface area contributed by atoms with E-state index in [1.165, 1.54) is 66.8 Å². The van der Waals surface area contributed by atoms with Crippen LogP contribution in [0, 0.1) is 41.5 Å². The summed E-state index contributed by atoms with van der Waals surface area (Å²) in [5, 5.41) is 5.93. The van der Waals surface area contributed by atoms with Crippen molar-refractivity contribution in [1.82, 2.24) is 0 Å². The third-order valence-electron chi connectivity index (χ3n) is 11.2. The average Bonchev–Trinajstić information content (AvgIpc) is 3.15. The van der Waals surface area contributed by atoms with Crippen LogP contribution in [-0.2, 0) is 9.53 Å². The van der Waals surface area contributed by atoms with Gasteiger partial charge in [-0.2, -0.15) is 0 Å². The number of anilines is 5. The topological polar surface area (TPSA) is 44.8 Å². The number of ether oxygens (including phenoxy) is 1. The van der Waals surface area contributed by atoms with Gasteiger partial charge >= 0.3 is 5.97 Å². The van der Waals surface area contributed by atoms with Crippen LogP contribution in [0.25, 0.3) is 10.8 Å². The van der Waals surface area contributed by atoms with Crippen LogP contribution < -0.4 is 15.1 Å². The van der Waals surface area contributed by atoms with Crippen LogP contribution in [0.4, 0.5) is 28.4 Å². The highest BCUT2D eigenvalue weighted by Gasteiger charge is 2.23. The van der Waals surface area contributed by atoms with Crippen LogP contribution in [0.15, 0.2) is 121 Å². The van der Waals surface area contributed by atoms with Gasteiger partial charge in [-0.3, -0.25) is 0 Å². The third-order valence-corrected chi connectivity index (χ3v) is 11.2. The molecule has 5 nitrogen and oxygen atoms in total. The second-order valence-corrected chi connectivity index (χ2v) is 15.8. The lowest BCUT2D eigenvalue weighted by Crippen LogP contribution is -2.32. The number of aryl methyl sites for hydroxylation is 6. The van der Waals surface area contributed by atoms with Crippen LogP contribution in [0.2, 0.25) is 0 Å². The normalized spacial score (nSPS) is 12.4. The number of carbonyl (C=O) groups excluding carboxylic acids is 1. The van der Waals surface area contributed by atoms with Crippen molar-refractivity contribution >= 4 is 45.2 Å². The van der Waals surface area contributed by atoms with E-state index in [1.807, 2.05) is 13.8 Å². The smallest absolute Gasteiger partial charge is 0.333 e. The average molecular weight is 744 g/mol. The molecule has 6 aromatic carbocycles. The Morgan fingerprint density at radius 1 is 0.625 bits per heavy atom. The largest absolute Gasteiger partial charge is 0.457 e. The molecule has 288 valence electrons. The fourth-order valence-electron chi connectivity index (χ4n) is 8.43. The Morgan fingerprint density at radius 2 is 1.05 bits per heavy atom. The highest BCUT2D eigenvalue weighted by Crippen LogP contribution is 2.41. The Morgan fingerprint density at radius 3 is 1.48 bits per heavy atom. The summed E-state index contributed by atoms with van der Waals surface area (Å²) in [5.41, 5.74) is 17.4. The maximum atomic E-state index is 12.3. The lowest BCUT2D eigenvalue weighted by atomic mass is 9.82. The molecule has 0 saturated carbocycles. The lowest BCUT2D eigenvalue weighted by molar-refractivity contribution is -0.143. The van der Waals surface area contributed by atoms with Crippen LogP contribution in [0.1, 0.15) is 76.8 Å². The zero-order chi connectivity index (χ0) is 40.4. The van der Waals surface area contributed by atoms with Crippen molar-refractivity contribution in [3.8, 4) is 0 Å². The summed E-state index contributed by atoms with van der Waals surface area (Å²) in [4.78, 5) is 16.9. The molecular formula is C51H57N3O2. The molecule has 0 bridgehead atoms. The fourth-order valence-corrected chi connectivity index (χ4v) is 8.43. The van der Waals surface area contributed by atoms with Gasteiger partial charge in [0.2, 0.25) is 0 Å². The molecule has 56 heavy (non-hydrogen) atoms. The molecule has 0 fully saturated rings. The number of nitrogens with zero attached hydrogens (tertiary/aromatic N) is 2. The Hall–Kier alpha value is -5.81. The van der Waals surface area contributed by atoms with Gasteiger partial charge in [0.1, 0.15) is 6.10 Å². The van der Waals surface area contributed by atoms with Crippen LogP contribution >= 0.6 is 0 Å². The highest BCUT2D eigenvalue weighted by atomic mass is 16.5. The first kappa shape index (κ1) is 39.9. The molecular weight excluding hydrogens is 687 g/mol. The number of benzene rings is 6. The summed E-state index contributed by atoms with van der Waals surface area (Å²) in [6.07, 6.45) is -0.348. The minimum absolute atomic E-state index is 0.0359. The Balaban J connectivity index is 1.42. The highest BCUT2D eigenvalue weighted by molar-refractivity contribution is 5.97. The molecule has 2 atom stereocenters. The van der Waals surface area contributed by atoms with Crippen molar-refractivity contribution in [1.29, 1.82) is 0 Å². The molecule has 0 radical (unpaired) electrons. The van der Waals surface area contributed by atoms with Crippen molar-refractivity contribution in [3.63, 3.8) is 0 Å². The zero-order valence-corrected chi connectivity index (χ0v) is 35.0. The first-order valence-electron chi connectivity index (χ1n) is 19.6. The second-order valence-electron chi connectivity index (χ2n) is 15.8. The van der Waals surface area contributed by atoms with Gasteiger partial charge in [-0.1, -0.05) is 96.6 Å². The number of nitrogens with one attached hydrogen (secondary N) is 1. The van der Waals surface area contributed by atoms with E-state index in [2.05, 4.69) is 187 Å². The number of hydrogen-bond acceptors (Lipinski definition) is 5. The minimum Gasteiger partial charge on any atom is -0.457 e. The molecule has 0 amide bonds. The van der Waals surface area contributed by atoms with Crippen LogP contribution in [0.3, 0.4) is 0 Å². The summed E-state index contributed by atoms with van der Waals surface area (Å²) in [5.74, 6) is -0.414. The molecule has 6 rings (SSSR count).